The Morgan fingerprint density at radius 2 is 1.75 bits per heavy atom. The first-order valence-corrected chi connectivity index (χ1v) is 6.71. The van der Waals surface area contributed by atoms with E-state index in [1.165, 1.54) is 19.5 Å². The molecule has 1 atom stereocenters. The van der Waals surface area contributed by atoms with Crippen molar-refractivity contribution in [3.05, 3.63) is 0 Å². The molecule has 0 saturated heterocycles. The maximum Gasteiger partial charge on any atom is 0.00444 e. The zero-order chi connectivity index (χ0) is 12.8. The molecule has 2 nitrogen and oxygen atoms in total. The van der Waals surface area contributed by atoms with E-state index >= 15 is 0 Å². The first-order chi connectivity index (χ1) is 7.29. The lowest BCUT2D eigenvalue weighted by Crippen LogP contribution is -2.43. The Balaban J connectivity index is 4.13. The Hall–Kier alpha value is -0.0800. The fourth-order valence-corrected chi connectivity index (χ4v) is 2.08. The van der Waals surface area contributed by atoms with Crippen LogP contribution in [0.3, 0.4) is 0 Å². The van der Waals surface area contributed by atoms with Crippen molar-refractivity contribution in [1.82, 2.24) is 10.2 Å². The highest BCUT2D eigenvalue weighted by atomic mass is 15.1. The van der Waals surface area contributed by atoms with Gasteiger partial charge in [0.25, 0.3) is 0 Å². The van der Waals surface area contributed by atoms with Crippen LogP contribution in [-0.4, -0.2) is 37.6 Å². The molecule has 0 rings (SSSR count). The highest BCUT2D eigenvalue weighted by molar-refractivity contribution is 4.79. The van der Waals surface area contributed by atoms with Gasteiger partial charge in [-0.3, -0.25) is 0 Å². The summed E-state index contributed by atoms with van der Waals surface area (Å²) in [7, 11) is 2.24. The van der Waals surface area contributed by atoms with E-state index in [0.29, 0.717) is 11.5 Å². The van der Waals surface area contributed by atoms with Gasteiger partial charge in [-0.05, 0) is 24.8 Å². The summed E-state index contributed by atoms with van der Waals surface area (Å²) in [5.41, 5.74) is 0.397. The zero-order valence-electron chi connectivity index (χ0n) is 12.4. The first kappa shape index (κ1) is 15.9. The van der Waals surface area contributed by atoms with E-state index in [-0.39, 0.29) is 0 Å². The van der Waals surface area contributed by atoms with Gasteiger partial charge in [-0.25, -0.2) is 0 Å². The lowest BCUT2D eigenvalue weighted by molar-refractivity contribution is 0.165. The van der Waals surface area contributed by atoms with Crippen molar-refractivity contribution in [1.29, 1.82) is 0 Å². The number of rotatable bonds is 8. The minimum Gasteiger partial charge on any atom is -0.314 e. The predicted octanol–water partition coefficient (Wildman–Crippen LogP) is 2.99. The molecule has 0 bridgehead atoms. The van der Waals surface area contributed by atoms with Crippen LogP contribution < -0.4 is 5.32 Å². The molecule has 98 valence electrons. The molecule has 0 aliphatic heterocycles. The van der Waals surface area contributed by atoms with Gasteiger partial charge in [0.15, 0.2) is 0 Å². The second kappa shape index (κ2) is 7.29. The van der Waals surface area contributed by atoms with Crippen molar-refractivity contribution in [2.75, 3.05) is 26.7 Å². The van der Waals surface area contributed by atoms with Crippen molar-refractivity contribution in [2.45, 2.75) is 54.0 Å². The van der Waals surface area contributed by atoms with E-state index < -0.39 is 0 Å². The monoisotopic (exact) mass is 228 g/mol. The van der Waals surface area contributed by atoms with Crippen LogP contribution in [-0.2, 0) is 0 Å². The van der Waals surface area contributed by atoms with E-state index in [1.54, 1.807) is 0 Å². The van der Waals surface area contributed by atoms with Crippen molar-refractivity contribution in [3.8, 4) is 0 Å². The van der Waals surface area contributed by atoms with E-state index in [2.05, 4.69) is 58.8 Å². The third-order valence-electron chi connectivity index (χ3n) is 3.12. The van der Waals surface area contributed by atoms with Gasteiger partial charge in [0.2, 0.25) is 0 Å². The maximum atomic E-state index is 3.57. The lowest BCUT2D eigenvalue weighted by atomic mass is 9.86. The molecule has 0 radical (unpaired) electrons. The average molecular weight is 228 g/mol. The molecule has 0 aromatic carbocycles. The molecule has 0 fully saturated rings. The molecule has 0 spiro atoms. The molecule has 0 saturated carbocycles. The molecule has 1 unspecified atom stereocenters. The van der Waals surface area contributed by atoms with E-state index in [4.69, 9.17) is 0 Å². The molecular formula is C14H32N2. The quantitative estimate of drug-likeness (QED) is 0.687. The van der Waals surface area contributed by atoms with E-state index in [1.807, 2.05) is 0 Å². The number of hydrogen-bond acceptors (Lipinski definition) is 2. The van der Waals surface area contributed by atoms with Crippen molar-refractivity contribution >= 4 is 0 Å². The SMILES string of the molecule is CCC(C)(CNC(C)C)CN(C)CC(C)C. The fraction of sp³-hybridized carbons (Fsp3) is 1.00. The van der Waals surface area contributed by atoms with Crippen molar-refractivity contribution in [2.24, 2.45) is 11.3 Å². The summed E-state index contributed by atoms with van der Waals surface area (Å²) in [5.74, 6) is 0.754. The lowest BCUT2D eigenvalue weighted by Gasteiger charge is -2.34. The zero-order valence-corrected chi connectivity index (χ0v) is 12.4. The van der Waals surface area contributed by atoms with Gasteiger partial charge in [0.05, 0.1) is 0 Å². The van der Waals surface area contributed by atoms with Crippen LogP contribution in [0.1, 0.15) is 48.0 Å². The first-order valence-electron chi connectivity index (χ1n) is 6.71. The Morgan fingerprint density at radius 3 is 2.12 bits per heavy atom. The largest absolute Gasteiger partial charge is 0.314 e. The van der Waals surface area contributed by atoms with Crippen LogP contribution in [0, 0.1) is 11.3 Å². The fourth-order valence-electron chi connectivity index (χ4n) is 2.08. The van der Waals surface area contributed by atoms with Crippen LogP contribution >= 0.6 is 0 Å². The molecule has 2 heteroatoms. The summed E-state index contributed by atoms with van der Waals surface area (Å²) in [6, 6.07) is 0.585. The highest BCUT2D eigenvalue weighted by Crippen LogP contribution is 2.21. The van der Waals surface area contributed by atoms with Crippen LogP contribution in [0.5, 0.6) is 0 Å². The standard InChI is InChI=1S/C14H32N2/c1-8-14(6,10-15-13(4)5)11-16(7)9-12(2)3/h12-13,15H,8-11H2,1-7H3. The third-order valence-corrected chi connectivity index (χ3v) is 3.12. The molecule has 0 aromatic rings. The molecular weight excluding hydrogens is 196 g/mol. The van der Waals surface area contributed by atoms with Gasteiger partial charge in [-0.15, -0.1) is 0 Å². The Bertz CT molecular complexity index is 178. The summed E-state index contributed by atoms with van der Waals surface area (Å²) in [5, 5.41) is 3.57. The summed E-state index contributed by atoms with van der Waals surface area (Å²) in [6.07, 6.45) is 1.23. The van der Waals surface area contributed by atoms with Crippen LogP contribution in [0.15, 0.2) is 0 Å². The summed E-state index contributed by atoms with van der Waals surface area (Å²) < 4.78 is 0. The summed E-state index contributed by atoms with van der Waals surface area (Å²) >= 11 is 0. The molecule has 0 aromatic heterocycles. The molecule has 16 heavy (non-hydrogen) atoms. The average Bonchev–Trinajstić information content (AvgIpc) is 2.13. The number of nitrogens with zero attached hydrogens (tertiary/aromatic N) is 1. The molecule has 0 heterocycles. The van der Waals surface area contributed by atoms with E-state index in [9.17, 15) is 0 Å². The van der Waals surface area contributed by atoms with Gasteiger partial charge in [-0.2, -0.15) is 0 Å². The predicted molar refractivity (Wildman–Crippen MR) is 73.9 cm³/mol. The van der Waals surface area contributed by atoms with Crippen molar-refractivity contribution < 1.29 is 0 Å². The van der Waals surface area contributed by atoms with Crippen LogP contribution in [0.25, 0.3) is 0 Å². The number of nitrogens with one attached hydrogen (secondary N) is 1. The second-order valence-corrected chi connectivity index (χ2v) is 6.29. The Kier molecular flexibility index (Phi) is 7.25. The highest BCUT2D eigenvalue weighted by Gasteiger charge is 2.24. The van der Waals surface area contributed by atoms with Gasteiger partial charge in [0.1, 0.15) is 0 Å². The Labute approximate surface area is 103 Å². The van der Waals surface area contributed by atoms with Gasteiger partial charge < -0.3 is 10.2 Å². The summed E-state index contributed by atoms with van der Waals surface area (Å²) in [6.45, 7) is 17.2. The molecule has 1 N–H and O–H groups in total. The van der Waals surface area contributed by atoms with Gasteiger partial charge in [0, 0.05) is 25.7 Å². The maximum absolute atomic E-state index is 3.57. The van der Waals surface area contributed by atoms with Crippen LogP contribution in [0.4, 0.5) is 0 Å². The number of hydrogen-bond donors (Lipinski definition) is 1. The smallest absolute Gasteiger partial charge is 0.00444 e. The topological polar surface area (TPSA) is 15.3 Å². The summed E-state index contributed by atoms with van der Waals surface area (Å²) in [4.78, 5) is 2.47. The normalized spacial score (nSPS) is 16.1. The van der Waals surface area contributed by atoms with E-state index in [0.717, 1.165) is 12.5 Å². The third kappa shape index (κ3) is 7.24. The molecule has 0 aliphatic rings. The van der Waals surface area contributed by atoms with Gasteiger partial charge in [-0.1, -0.05) is 41.5 Å². The minimum absolute atomic E-state index is 0.397. The van der Waals surface area contributed by atoms with Crippen molar-refractivity contribution in [3.63, 3.8) is 0 Å². The minimum atomic E-state index is 0.397. The molecule has 0 amide bonds. The van der Waals surface area contributed by atoms with Gasteiger partial charge >= 0.3 is 0 Å². The second-order valence-electron chi connectivity index (χ2n) is 6.29. The Morgan fingerprint density at radius 1 is 1.19 bits per heavy atom. The van der Waals surface area contributed by atoms with Crippen LogP contribution in [0.2, 0.25) is 0 Å². The molecule has 0 aliphatic carbocycles.